The summed E-state index contributed by atoms with van der Waals surface area (Å²) in [7, 11) is 0. The Morgan fingerprint density at radius 1 is 1.45 bits per heavy atom. The van der Waals surface area contributed by atoms with Crippen molar-refractivity contribution in [2.75, 3.05) is 0 Å². The van der Waals surface area contributed by atoms with Crippen LogP contribution in [0.15, 0.2) is 0 Å². The summed E-state index contributed by atoms with van der Waals surface area (Å²) in [6.07, 6.45) is -1.92. The van der Waals surface area contributed by atoms with E-state index < -0.39 is 18.4 Å². The highest BCUT2D eigenvalue weighted by atomic mass is 127. The number of rotatable bonds is 0. The van der Waals surface area contributed by atoms with Gasteiger partial charge in [-0.25, -0.2) is 0 Å². The van der Waals surface area contributed by atoms with E-state index in [-0.39, 0.29) is 10.0 Å². The van der Waals surface area contributed by atoms with Crippen molar-refractivity contribution < 1.29 is 14.9 Å². The van der Waals surface area contributed by atoms with Gasteiger partial charge < -0.3 is 20.7 Å². The van der Waals surface area contributed by atoms with Crippen LogP contribution in [0.4, 0.5) is 0 Å². The third kappa shape index (κ3) is 1.83. The van der Waals surface area contributed by atoms with Crippen LogP contribution in [-0.2, 0) is 4.74 Å². The van der Waals surface area contributed by atoms with Gasteiger partial charge in [-0.3, -0.25) is 0 Å². The van der Waals surface area contributed by atoms with E-state index in [2.05, 4.69) is 0 Å². The molecule has 0 amide bonds. The van der Waals surface area contributed by atoms with Crippen LogP contribution < -0.4 is 5.73 Å². The van der Waals surface area contributed by atoms with Crippen LogP contribution in [-0.4, -0.2) is 38.7 Å². The average molecular weight is 273 g/mol. The normalized spacial score (nSPS) is 52.6. The summed E-state index contributed by atoms with van der Waals surface area (Å²) in [6.45, 7) is 1.69. The van der Waals surface area contributed by atoms with Crippen LogP contribution >= 0.6 is 22.6 Å². The minimum Gasteiger partial charge on any atom is -0.389 e. The molecule has 4 N–H and O–H groups in total. The molecule has 0 aromatic carbocycles. The highest BCUT2D eigenvalue weighted by molar-refractivity contribution is 14.1. The highest BCUT2D eigenvalue weighted by Gasteiger charge is 2.38. The smallest absolute Gasteiger partial charge is 0.168 e. The molecule has 0 bridgehead atoms. The minimum absolute atomic E-state index is 0.237. The molecule has 0 aromatic rings. The second-order valence-corrected chi connectivity index (χ2v) is 4.18. The lowest BCUT2D eigenvalue weighted by Gasteiger charge is -2.37. The van der Waals surface area contributed by atoms with Gasteiger partial charge in [0, 0.05) is 6.04 Å². The molecule has 0 spiro atoms. The molecule has 11 heavy (non-hydrogen) atoms. The minimum atomic E-state index is -0.857. The molecule has 5 atom stereocenters. The lowest BCUT2D eigenvalue weighted by atomic mass is 10.0. The number of aliphatic hydroxyl groups excluding tert-OH is 2. The molecule has 66 valence electrons. The largest absolute Gasteiger partial charge is 0.389 e. The molecule has 0 radical (unpaired) electrons. The molecule has 5 heteroatoms. The highest BCUT2D eigenvalue weighted by Crippen LogP contribution is 2.23. The lowest BCUT2D eigenvalue weighted by Crippen LogP contribution is -2.58. The van der Waals surface area contributed by atoms with Crippen molar-refractivity contribution in [3.05, 3.63) is 0 Å². The molecule has 1 heterocycles. The monoisotopic (exact) mass is 273 g/mol. The molecule has 0 saturated carbocycles. The zero-order valence-corrected chi connectivity index (χ0v) is 8.30. The van der Waals surface area contributed by atoms with Gasteiger partial charge in [-0.1, -0.05) is 22.6 Å². The molecule has 1 saturated heterocycles. The summed E-state index contributed by atoms with van der Waals surface area (Å²) in [6, 6.07) is -0.408. The maximum Gasteiger partial charge on any atom is 0.168 e. The van der Waals surface area contributed by atoms with Crippen molar-refractivity contribution in [1.82, 2.24) is 0 Å². The van der Waals surface area contributed by atoms with Crippen molar-refractivity contribution in [1.29, 1.82) is 0 Å². The van der Waals surface area contributed by atoms with Crippen LogP contribution in [0.5, 0.6) is 0 Å². The van der Waals surface area contributed by atoms with E-state index in [0.717, 1.165) is 0 Å². The average Bonchev–Trinajstić information content (AvgIpc) is 1.97. The lowest BCUT2D eigenvalue weighted by molar-refractivity contribution is -0.191. The van der Waals surface area contributed by atoms with Crippen LogP contribution in [0.1, 0.15) is 6.92 Å². The predicted molar refractivity (Wildman–Crippen MR) is 48.3 cm³/mol. The number of nitrogens with two attached hydrogens (primary N) is 1. The number of halogens is 1. The summed E-state index contributed by atoms with van der Waals surface area (Å²) in [5.41, 5.74) is 5.61. The van der Waals surface area contributed by atoms with Gasteiger partial charge in [-0.15, -0.1) is 0 Å². The summed E-state index contributed by atoms with van der Waals surface area (Å²) in [5, 5.41) is 18.6. The van der Waals surface area contributed by atoms with Gasteiger partial charge in [0.25, 0.3) is 0 Å². The molecule has 4 nitrogen and oxygen atoms in total. The predicted octanol–water partition coefficient (Wildman–Crippen LogP) is -0.785. The Morgan fingerprint density at radius 2 is 2.00 bits per heavy atom. The second-order valence-electron chi connectivity index (χ2n) is 2.74. The van der Waals surface area contributed by atoms with E-state index in [0.29, 0.717) is 0 Å². The van der Waals surface area contributed by atoms with Gasteiger partial charge in [0.2, 0.25) is 0 Å². The first-order valence-electron chi connectivity index (χ1n) is 3.45. The van der Waals surface area contributed by atoms with Crippen LogP contribution in [0, 0.1) is 0 Å². The summed E-state index contributed by atoms with van der Waals surface area (Å²) in [5.74, 6) is 0. The third-order valence-electron chi connectivity index (χ3n) is 1.87. The Balaban J connectivity index is 2.63. The summed E-state index contributed by atoms with van der Waals surface area (Å²) in [4.78, 5) is 0. The Labute approximate surface area is 78.9 Å². The number of alkyl halides is 1. The second kappa shape index (κ2) is 3.53. The Kier molecular flexibility index (Phi) is 3.10. The summed E-state index contributed by atoms with van der Waals surface area (Å²) >= 11 is 1.97. The van der Waals surface area contributed by atoms with Crippen molar-refractivity contribution in [3.63, 3.8) is 0 Å². The molecule has 0 aliphatic carbocycles. The zero-order chi connectivity index (χ0) is 8.59. The molecule has 1 fully saturated rings. The maximum absolute atomic E-state index is 9.37. The maximum atomic E-state index is 9.37. The van der Waals surface area contributed by atoms with Crippen LogP contribution in [0.2, 0.25) is 0 Å². The van der Waals surface area contributed by atoms with E-state index >= 15 is 0 Å². The van der Waals surface area contributed by atoms with Gasteiger partial charge in [-0.2, -0.15) is 0 Å². The summed E-state index contributed by atoms with van der Waals surface area (Å²) < 4.78 is 4.76. The first-order valence-corrected chi connectivity index (χ1v) is 4.70. The quantitative estimate of drug-likeness (QED) is 0.399. The van der Waals surface area contributed by atoms with E-state index in [4.69, 9.17) is 10.5 Å². The van der Waals surface area contributed by atoms with Crippen molar-refractivity contribution in [3.8, 4) is 0 Å². The molecule has 0 aromatic heterocycles. The van der Waals surface area contributed by atoms with E-state index in [9.17, 15) is 10.2 Å². The SMILES string of the molecule is C[C@@H]1O[C@@H](O)[C@H](I)[C@@H](N)[C@H]1O. The van der Waals surface area contributed by atoms with Crippen molar-refractivity contribution in [2.24, 2.45) is 5.73 Å². The Bertz CT molecular complexity index is 132. The number of hydrogen-bond donors (Lipinski definition) is 3. The van der Waals surface area contributed by atoms with Gasteiger partial charge in [0.15, 0.2) is 6.29 Å². The van der Waals surface area contributed by atoms with Crippen molar-refractivity contribution >= 4 is 22.6 Å². The van der Waals surface area contributed by atoms with Gasteiger partial charge in [0.05, 0.1) is 16.1 Å². The first-order chi connectivity index (χ1) is 5.04. The van der Waals surface area contributed by atoms with E-state index in [1.165, 1.54) is 0 Å². The number of aliphatic hydroxyl groups is 2. The standard InChI is InChI=1S/C6H12INO3/c1-2-5(9)4(8)3(7)6(10)11-2/h2-6,9-10H,8H2,1H3/t2-,3+,4+,5-,6+/m0/s1. The molecule has 1 rings (SSSR count). The molecular weight excluding hydrogens is 261 g/mol. The number of hydrogen-bond acceptors (Lipinski definition) is 4. The number of ether oxygens (including phenoxy) is 1. The fraction of sp³-hybridized carbons (Fsp3) is 1.00. The van der Waals surface area contributed by atoms with Crippen LogP contribution in [0.3, 0.4) is 0 Å². The molecule has 0 unspecified atom stereocenters. The fourth-order valence-corrected chi connectivity index (χ4v) is 1.66. The topological polar surface area (TPSA) is 75.7 Å². The van der Waals surface area contributed by atoms with Gasteiger partial charge in [0.1, 0.15) is 0 Å². The zero-order valence-electron chi connectivity index (χ0n) is 6.14. The Hall–Kier alpha value is 0.570. The van der Waals surface area contributed by atoms with Gasteiger partial charge in [-0.05, 0) is 6.92 Å². The molecular formula is C6H12INO3. The van der Waals surface area contributed by atoms with Gasteiger partial charge >= 0.3 is 0 Å². The third-order valence-corrected chi connectivity index (χ3v) is 3.32. The fourth-order valence-electron chi connectivity index (χ4n) is 1.07. The molecule has 1 aliphatic rings. The molecule has 1 aliphatic heterocycles. The Morgan fingerprint density at radius 3 is 2.55 bits per heavy atom. The van der Waals surface area contributed by atoms with Crippen LogP contribution in [0.25, 0.3) is 0 Å². The van der Waals surface area contributed by atoms with E-state index in [1.807, 2.05) is 22.6 Å². The van der Waals surface area contributed by atoms with E-state index in [1.54, 1.807) is 6.92 Å². The first kappa shape index (κ1) is 9.66. The van der Waals surface area contributed by atoms with Crippen molar-refractivity contribution in [2.45, 2.75) is 35.4 Å².